The van der Waals surface area contributed by atoms with E-state index in [1.807, 2.05) is 0 Å². The molecule has 11 nitrogen and oxygen atoms in total. The Kier molecular flexibility index (Phi) is 40.6. The van der Waals surface area contributed by atoms with Gasteiger partial charge in [0.2, 0.25) is 5.91 Å². The lowest BCUT2D eigenvalue weighted by atomic mass is 9.98. The summed E-state index contributed by atoms with van der Waals surface area (Å²) in [4.78, 5) is 13.1. The van der Waals surface area contributed by atoms with Crippen LogP contribution in [0.25, 0.3) is 0 Å². The van der Waals surface area contributed by atoms with Gasteiger partial charge in [0.1, 0.15) is 36.6 Å². The zero-order chi connectivity index (χ0) is 46.9. The van der Waals surface area contributed by atoms with Crippen LogP contribution in [0.15, 0.2) is 24.3 Å². The lowest BCUT2D eigenvalue weighted by Crippen LogP contribution is -2.60. The molecule has 0 aromatic rings. The second-order valence-electron chi connectivity index (χ2n) is 19.0. The molecular weight excluding hydrogens is 811 g/mol. The standard InChI is InChI=1S/C53H101NO10/c1-3-5-7-9-11-13-15-17-19-20-21-22-23-24-25-26-27-29-30-32-34-36-38-40-45(56)48(58)44(43-63-53-51(61)50(60)49(59)47(42-55)64-53)54-52(62)46(57)41-39-37-35-33-31-28-18-16-14-12-10-8-6-4-2/h12,14,16,18,44-51,53,55-61H,3-11,13,15,17,19-43H2,1-2H3,(H,54,62)/b14-12-,18-16-. The minimum atomic E-state index is -1.66. The number of carbonyl (C=O) groups excluding carboxylic acids is 1. The van der Waals surface area contributed by atoms with Gasteiger partial charge >= 0.3 is 0 Å². The number of ether oxygens (including phenoxy) is 2. The molecule has 1 heterocycles. The number of amides is 1. The molecule has 378 valence electrons. The molecule has 11 heteroatoms. The van der Waals surface area contributed by atoms with E-state index in [1.54, 1.807) is 0 Å². The molecule has 0 aliphatic carbocycles. The van der Waals surface area contributed by atoms with E-state index in [0.29, 0.717) is 19.3 Å². The number of allylic oxidation sites excluding steroid dienone is 4. The minimum absolute atomic E-state index is 0.243. The van der Waals surface area contributed by atoms with Crippen molar-refractivity contribution < 1.29 is 50.0 Å². The highest BCUT2D eigenvalue weighted by Gasteiger charge is 2.44. The van der Waals surface area contributed by atoms with E-state index in [-0.39, 0.29) is 6.42 Å². The summed E-state index contributed by atoms with van der Waals surface area (Å²) in [6.45, 7) is 3.42. The van der Waals surface area contributed by atoms with Gasteiger partial charge in [0.05, 0.1) is 25.4 Å². The normalized spacial score (nSPS) is 21.2. The van der Waals surface area contributed by atoms with Crippen molar-refractivity contribution in [1.29, 1.82) is 0 Å². The number of hydrogen-bond donors (Lipinski definition) is 8. The average Bonchev–Trinajstić information content (AvgIpc) is 3.29. The highest BCUT2D eigenvalue weighted by Crippen LogP contribution is 2.23. The fraction of sp³-hybridized carbons (Fsp3) is 0.906. The molecule has 9 atom stereocenters. The molecular formula is C53H101NO10. The smallest absolute Gasteiger partial charge is 0.249 e. The van der Waals surface area contributed by atoms with Gasteiger partial charge in [-0.25, -0.2) is 0 Å². The van der Waals surface area contributed by atoms with Gasteiger partial charge < -0.3 is 50.5 Å². The maximum absolute atomic E-state index is 13.1. The average molecular weight is 912 g/mol. The zero-order valence-electron chi connectivity index (χ0n) is 41.0. The van der Waals surface area contributed by atoms with E-state index in [4.69, 9.17) is 9.47 Å². The van der Waals surface area contributed by atoms with Crippen LogP contribution in [-0.2, 0) is 14.3 Å². The quantitative estimate of drug-likeness (QED) is 0.0216. The first-order valence-electron chi connectivity index (χ1n) is 26.8. The van der Waals surface area contributed by atoms with E-state index in [2.05, 4.69) is 43.5 Å². The minimum Gasteiger partial charge on any atom is -0.394 e. The van der Waals surface area contributed by atoms with Crippen molar-refractivity contribution in [2.45, 2.75) is 294 Å². The Balaban J connectivity index is 2.34. The second-order valence-corrected chi connectivity index (χ2v) is 19.0. The number of nitrogens with one attached hydrogen (secondary N) is 1. The second kappa shape index (κ2) is 42.9. The van der Waals surface area contributed by atoms with Gasteiger partial charge in [-0.2, -0.15) is 0 Å². The van der Waals surface area contributed by atoms with Crippen molar-refractivity contribution in [3.05, 3.63) is 24.3 Å². The molecule has 1 aliphatic rings. The van der Waals surface area contributed by atoms with Crippen LogP contribution in [0, 0.1) is 0 Å². The van der Waals surface area contributed by atoms with Crippen LogP contribution in [0.4, 0.5) is 0 Å². The molecule has 64 heavy (non-hydrogen) atoms. The van der Waals surface area contributed by atoms with E-state index < -0.39 is 74.2 Å². The molecule has 1 amide bonds. The number of unbranched alkanes of at least 4 members (excludes halogenated alkanes) is 30. The molecule has 9 unspecified atom stereocenters. The summed E-state index contributed by atoms with van der Waals surface area (Å²) in [5.41, 5.74) is 0. The summed E-state index contributed by atoms with van der Waals surface area (Å²) in [6.07, 6.45) is 38.0. The van der Waals surface area contributed by atoms with Crippen molar-refractivity contribution in [3.63, 3.8) is 0 Å². The fourth-order valence-electron chi connectivity index (χ4n) is 8.61. The summed E-state index contributed by atoms with van der Waals surface area (Å²) in [6, 6.07) is -1.17. The predicted molar refractivity (Wildman–Crippen MR) is 261 cm³/mol. The molecule has 0 aromatic carbocycles. The fourth-order valence-corrected chi connectivity index (χ4v) is 8.61. The van der Waals surface area contributed by atoms with Crippen LogP contribution < -0.4 is 5.32 Å². The molecule has 1 fully saturated rings. The lowest BCUT2D eigenvalue weighted by molar-refractivity contribution is -0.303. The van der Waals surface area contributed by atoms with Crippen LogP contribution in [-0.4, -0.2) is 110 Å². The predicted octanol–water partition coefficient (Wildman–Crippen LogP) is 10.2. The summed E-state index contributed by atoms with van der Waals surface area (Å²) in [5.74, 6) is -0.707. The Hall–Kier alpha value is -1.41. The van der Waals surface area contributed by atoms with Gasteiger partial charge in [0, 0.05) is 0 Å². The van der Waals surface area contributed by atoms with Gasteiger partial charge in [-0.05, 0) is 38.5 Å². The Morgan fingerprint density at radius 3 is 1.39 bits per heavy atom. The van der Waals surface area contributed by atoms with Crippen molar-refractivity contribution in [3.8, 4) is 0 Å². The summed E-state index contributed by atoms with van der Waals surface area (Å²) >= 11 is 0. The monoisotopic (exact) mass is 912 g/mol. The molecule has 0 aromatic heterocycles. The summed E-state index contributed by atoms with van der Waals surface area (Å²) in [5, 5.41) is 75.9. The first kappa shape index (κ1) is 60.6. The highest BCUT2D eigenvalue weighted by molar-refractivity contribution is 5.80. The van der Waals surface area contributed by atoms with E-state index in [0.717, 1.165) is 57.8 Å². The third-order valence-corrected chi connectivity index (χ3v) is 13.0. The highest BCUT2D eigenvalue weighted by atomic mass is 16.7. The van der Waals surface area contributed by atoms with Gasteiger partial charge in [-0.1, -0.05) is 224 Å². The molecule has 1 saturated heterocycles. The Morgan fingerprint density at radius 1 is 0.547 bits per heavy atom. The Morgan fingerprint density at radius 2 is 0.938 bits per heavy atom. The third-order valence-electron chi connectivity index (χ3n) is 13.0. The van der Waals surface area contributed by atoms with Gasteiger partial charge in [0.15, 0.2) is 6.29 Å². The van der Waals surface area contributed by atoms with Crippen LogP contribution in [0.2, 0.25) is 0 Å². The molecule has 0 radical (unpaired) electrons. The number of carbonyl (C=O) groups is 1. The zero-order valence-corrected chi connectivity index (χ0v) is 41.0. The first-order chi connectivity index (χ1) is 31.2. The maximum atomic E-state index is 13.1. The SMILES string of the molecule is CCCCC/C=C\C=C/CCCCCCCC(O)C(=O)NC(COC1OC(CO)C(O)C(O)C1O)C(O)C(O)CCCCCCCCCCCCCCCCCCCCCCCCC. The van der Waals surface area contributed by atoms with Gasteiger partial charge in [-0.3, -0.25) is 4.79 Å². The van der Waals surface area contributed by atoms with Crippen LogP contribution in [0.5, 0.6) is 0 Å². The van der Waals surface area contributed by atoms with Crippen molar-refractivity contribution in [1.82, 2.24) is 5.32 Å². The largest absolute Gasteiger partial charge is 0.394 e. The van der Waals surface area contributed by atoms with E-state index in [9.17, 15) is 40.5 Å². The number of aliphatic hydroxyl groups excluding tert-OH is 7. The van der Waals surface area contributed by atoms with E-state index in [1.165, 1.54) is 141 Å². The van der Waals surface area contributed by atoms with Gasteiger partial charge in [0.25, 0.3) is 0 Å². The number of aliphatic hydroxyl groups is 7. The van der Waals surface area contributed by atoms with Crippen LogP contribution in [0.1, 0.15) is 239 Å². The number of hydrogen-bond acceptors (Lipinski definition) is 10. The molecule has 0 saturated carbocycles. The van der Waals surface area contributed by atoms with Crippen molar-refractivity contribution in [2.24, 2.45) is 0 Å². The Bertz CT molecular complexity index is 1090. The molecule has 1 rings (SSSR count). The molecule has 1 aliphatic heterocycles. The lowest BCUT2D eigenvalue weighted by Gasteiger charge is -2.40. The maximum Gasteiger partial charge on any atom is 0.249 e. The third kappa shape index (κ3) is 31.5. The van der Waals surface area contributed by atoms with Crippen molar-refractivity contribution in [2.75, 3.05) is 13.2 Å². The van der Waals surface area contributed by atoms with Crippen LogP contribution >= 0.6 is 0 Å². The molecule has 0 bridgehead atoms. The number of rotatable bonds is 45. The molecule has 8 N–H and O–H groups in total. The molecule has 0 spiro atoms. The summed E-state index contributed by atoms with van der Waals surface area (Å²) < 4.78 is 11.1. The van der Waals surface area contributed by atoms with Gasteiger partial charge in [-0.15, -0.1) is 0 Å². The van der Waals surface area contributed by atoms with E-state index >= 15 is 0 Å². The summed E-state index contributed by atoms with van der Waals surface area (Å²) in [7, 11) is 0. The first-order valence-corrected chi connectivity index (χ1v) is 26.8. The Labute approximate surface area is 391 Å². The topological polar surface area (TPSA) is 189 Å². The van der Waals surface area contributed by atoms with Crippen molar-refractivity contribution >= 4 is 5.91 Å². The van der Waals surface area contributed by atoms with Crippen LogP contribution in [0.3, 0.4) is 0 Å².